The number of hydrogen-bond acceptors (Lipinski definition) is 3. The molecule has 1 fully saturated rings. The maximum absolute atomic E-state index is 11.5. The van der Waals surface area contributed by atoms with Gasteiger partial charge in [0.25, 0.3) is 0 Å². The van der Waals surface area contributed by atoms with Crippen molar-refractivity contribution in [2.45, 2.75) is 19.4 Å². The van der Waals surface area contributed by atoms with Gasteiger partial charge in [-0.25, -0.2) is 0 Å². The van der Waals surface area contributed by atoms with Crippen LogP contribution < -0.4 is 10.6 Å². The fourth-order valence-corrected chi connectivity index (χ4v) is 2.41. The molecule has 1 aromatic carbocycles. The molecule has 2 rings (SSSR count). The third-order valence-electron chi connectivity index (χ3n) is 3.45. The van der Waals surface area contributed by atoms with Crippen molar-refractivity contribution in [3.63, 3.8) is 0 Å². The smallest absolute Gasteiger partial charge is 0.236 e. The van der Waals surface area contributed by atoms with Crippen molar-refractivity contribution in [2.75, 3.05) is 31.6 Å². The van der Waals surface area contributed by atoms with Crippen LogP contribution in [0.1, 0.15) is 18.4 Å². The molecule has 0 aromatic heterocycles. The fourth-order valence-electron chi connectivity index (χ4n) is 2.41. The van der Waals surface area contributed by atoms with Gasteiger partial charge in [0.2, 0.25) is 5.91 Å². The number of hydrogen-bond donors (Lipinski definition) is 1. The molecule has 1 aromatic rings. The van der Waals surface area contributed by atoms with Crippen LogP contribution in [0.3, 0.4) is 0 Å². The van der Waals surface area contributed by atoms with Crippen molar-refractivity contribution < 1.29 is 4.79 Å². The van der Waals surface area contributed by atoms with Crippen LogP contribution in [0.2, 0.25) is 0 Å². The molecule has 98 valence electrons. The highest BCUT2D eigenvalue weighted by molar-refractivity contribution is 5.78. The fraction of sp³-hybridized carbons (Fsp3) is 0.500. The highest BCUT2D eigenvalue weighted by Gasteiger charge is 2.16. The van der Waals surface area contributed by atoms with E-state index in [9.17, 15) is 4.79 Å². The molecule has 0 radical (unpaired) electrons. The minimum absolute atomic E-state index is 0.0220. The molecule has 0 aliphatic carbocycles. The summed E-state index contributed by atoms with van der Waals surface area (Å²) in [4.78, 5) is 15.6. The Kier molecular flexibility index (Phi) is 4.20. The third-order valence-corrected chi connectivity index (χ3v) is 3.45. The van der Waals surface area contributed by atoms with Crippen molar-refractivity contribution in [3.05, 3.63) is 29.8 Å². The van der Waals surface area contributed by atoms with Crippen LogP contribution in [0.5, 0.6) is 0 Å². The van der Waals surface area contributed by atoms with Gasteiger partial charge in [-0.3, -0.25) is 4.79 Å². The van der Waals surface area contributed by atoms with Crippen LogP contribution in [-0.4, -0.2) is 37.5 Å². The van der Waals surface area contributed by atoms with Crippen LogP contribution in [0.4, 0.5) is 5.69 Å². The van der Waals surface area contributed by atoms with E-state index in [1.165, 1.54) is 24.1 Å². The maximum Gasteiger partial charge on any atom is 0.236 e. The zero-order valence-corrected chi connectivity index (χ0v) is 10.9. The zero-order valence-electron chi connectivity index (χ0n) is 10.9. The first kappa shape index (κ1) is 12.9. The molecule has 1 aliphatic heterocycles. The van der Waals surface area contributed by atoms with Gasteiger partial charge in [-0.1, -0.05) is 18.2 Å². The summed E-state index contributed by atoms with van der Waals surface area (Å²) in [7, 11) is 1.80. The van der Waals surface area contributed by atoms with Crippen molar-refractivity contribution in [2.24, 2.45) is 5.73 Å². The predicted octanol–water partition coefficient (Wildman–Crippen LogP) is 1.20. The van der Waals surface area contributed by atoms with Crippen molar-refractivity contribution >= 4 is 11.6 Å². The highest BCUT2D eigenvalue weighted by Crippen LogP contribution is 2.25. The number of carbonyl (C=O) groups excluding carboxylic acids is 1. The number of anilines is 1. The van der Waals surface area contributed by atoms with Crippen molar-refractivity contribution in [1.29, 1.82) is 0 Å². The largest absolute Gasteiger partial charge is 0.371 e. The van der Waals surface area contributed by atoms with Gasteiger partial charge >= 0.3 is 0 Å². The van der Waals surface area contributed by atoms with E-state index in [1.807, 2.05) is 6.07 Å². The van der Waals surface area contributed by atoms with E-state index in [-0.39, 0.29) is 12.5 Å². The molecule has 0 bridgehead atoms. The Morgan fingerprint density at radius 1 is 1.33 bits per heavy atom. The predicted molar refractivity (Wildman–Crippen MR) is 73.4 cm³/mol. The number of nitrogens with two attached hydrogens (primary N) is 1. The van der Waals surface area contributed by atoms with Gasteiger partial charge in [-0.05, 0) is 24.5 Å². The molecule has 4 nitrogen and oxygen atoms in total. The SMILES string of the molecule is CN(Cc1ccccc1N1CCCC1)C(=O)CN. The molecule has 0 spiro atoms. The summed E-state index contributed by atoms with van der Waals surface area (Å²) in [5, 5.41) is 0. The van der Waals surface area contributed by atoms with Crippen molar-refractivity contribution in [3.8, 4) is 0 Å². The monoisotopic (exact) mass is 247 g/mol. The van der Waals surface area contributed by atoms with Crippen LogP contribution in [0.25, 0.3) is 0 Å². The molecular weight excluding hydrogens is 226 g/mol. The number of nitrogens with zero attached hydrogens (tertiary/aromatic N) is 2. The quantitative estimate of drug-likeness (QED) is 0.870. The minimum Gasteiger partial charge on any atom is -0.371 e. The van der Waals surface area contributed by atoms with E-state index in [0.29, 0.717) is 6.54 Å². The lowest BCUT2D eigenvalue weighted by atomic mass is 10.1. The van der Waals surface area contributed by atoms with Gasteiger partial charge in [0.1, 0.15) is 0 Å². The average molecular weight is 247 g/mol. The first-order valence-electron chi connectivity index (χ1n) is 6.49. The molecule has 1 saturated heterocycles. The second-order valence-corrected chi connectivity index (χ2v) is 4.78. The van der Waals surface area contributed by atoms with Crippen LogP contribution in [0.15, 0.2) is 24.3 Å². The summed E-state index contributed by atoms with van der Waals surface area (Å²) in [5.41, 5.74) is 7.84. The lowest BCUT2D eigenvalue weighted by molar-refractivity contribution is -0.128. The molecule has 1 amide bonds. The summed E-state index contributed by atoms with van der Waals surface area (Å²) < 4.78 is 0. The van der Waals surface area contributed by atoms with E-state index < -0.39 is 0 Å². The lowest BCUT2D eigenvalue weighted by Crippen LogP contribution is -2.32. The van der Waals surface area contributed by atoms with Crippen molar-refractivity contribution in [1.82, 2.24) is 4.90 Å². The van der Waals surface area contributed by atoms with Gasteiger partial charge in [0.05, 0.1) is 6.54 Å². The van der Waals surface area contributed by atoms with Gasteiger partial charge in [0.15, 0.2) is 0 Å². The second kappa shape index (κ2) is 5.87. The third kappa shape index (κ3) is 2.82. The Morgan fingerprint density at radius 3 is 2.67 bits per heavy atom. The first-order chi connectivity index (χ1) is 8.72. The van der Waals surface area contributed by atoms with E-state index in [2.05, 4.69) is 23.1 Å². The summed E-state index contributed by atoms with van der Waals surface area (Å²) in [6.07, 6.45) is 2.51. The van der Waals surface area contributed by atoms with E-state index >= 15 is 0 Å². The van der Waals surface area contributed by atoms with Gasteiger partial charge in [-0.2, -0.15) is 0 Å². The number of carbonyl (C=O) groups is 1. The van der Waals surface area contributed by atoms with Gasteiger partial charge in [-0.15, -0.1) is 0 Å². The zero-order chi connectivity index (χ0) is 13.0. The Labute approximate surface area is 108 Å². The van der Waals surface area contributed by atoms with Crippen LogP contribution in [0, 0.1) is 0 Å². The topological polar surface area (TPSA) is 49.6 Å². The standard InChI is InChI=1S/C14H21N3O/c1-16(14(18)10-15)11-12-6-2-3-7-13(12)17-8-4-5-9-17/h2-3,6-7H,4-5,8-11,15H2,1H3. The van der Waals surface area contributed by atoms with E-state index in [1.54, 1.807) is 11.9 Å². The maximum atomic E-state index is 11.5. The Morgan fingerprint density at radius 2 is 2.00 bits per heavy atom. The van der Waals surface area contributed by atoms with Crippen LogP contribution >= 0.6 is 0 Å². The Bertz CT molecular complexity index is 413. The minimum atomic E-state index is -0.0220. The highest BCUT2D eigenvalue weighted by atomic mass is 16.2. The molecule has 1 heterocycles. The average Bonchev–Trinajstić information content (AvgIpc) is 2.92. The number of para-hydroxylation sites is 1. The van der Waals surface area contributed by atoms with Gasteiger partial charge < -0.3 is 15.5 Å². The second-order valence-electron chi connectivity index (χ2n) is 4.78. The first-order valence-corrected chi connectivity index (χ1v) is 6.49. The molecular formula is C14H21N3O. The number of benzene rings is 1. The molecule has 4 heteroatoms. The summed E-state index contributed by atoms with van der Waals surface area (Å²) in [5.74, 6) is -0.0220. The molecule has 0 unspecified atom stereocenters. The lowest BCUT2D eigenvalue weighted by Gasteiger charge is -2.24. The van der Waals surface area contributed by atoms with Crippen LogP contribution in [-0.2, 0) is 11.3 Å². The Hall–Kier alpha value is -1.55. The molecule has 2 N–H and O–H groups in total. The molecule has 1 aliphatic rings. The summed E-state index contributed by atoms with van der Waals surface area (Å²) >= 11 is 0. The summed E-state index contributed by atoms with van der Waals surface area (Å²) in [6.45, 7) is 2.93. The molecule has 18 heavy (non-hydrogen) atoms. The molecule has 0 saturated carbocycles. The summed E-state index contributed by atoms with van der Waals surface area (Å²) in [6, 6.07) is 8.31. The van der Waals surface area contributed by atoms with Gasteiger partial charge in [0, 0.05) is 32.4 Å². The van der Waals surface area contributed by atoms with E-state index in [4.69, 9.17) is 5.73 Å². The number of likely N-dealkylation sites (N-methyl/N-ethyl adjacent to an activating group) is 1. The number of amides is 1. The van der Waals surface area contributed by atoms with E-state index in [0.717, 1.165) is 13.1 Å². The normalized spacial score (nSPS) is 14.9. The molecule has 0 atom stereocenters. The number of rotatable bonds is 4. The Balaban J connectivity index is 2.14.